The van der Waals surface area contributed by atoms with Gasteiger partial charge in [0.25, 0.3) is 0 Å². The van der Waals surface area contributed by atoms with E-state index >= 15 is 0 Å². The number of ether oxygens (including phenoxy) is 2. The summed E-state index contributed by atoms with van der Waals surface area (Å²) >= 11 is 0. The number of benzene rings is 2. The molecule has 0 bridgehead atoms. The molecule has 0 amide bonds. The summed E-state index contributed by atoms with van der Waals surface area (Å²) in [5.41, 5.74) is -0.502. The summed E-state index contributed by atoms with van der Waals surface area (Å²) in [6.45, 7) is 0.719. The molecule has 2 rings (SSSR count). The van der Waals surface area contributed by atoms with Crippen molar-refractivity contribution < 1.29 is 28.2 Å². The lowest BCUT2D eigenvalue weighted by atomic mass is 9.72. The minimum Gasteiger partial charge on any atom is -0.463 e. The number of alkyl halides is 1. The van der Waals surface area contributed by atoms with E-state index in [-0.39, 0.29) is 6.29 Å². The van der Waals surface area contributed by atoms with E-state index in [1.165, 1.54) is 19.1 Å². The average Bonchev–Trinajstić information content (AvgIpc) is 2.80. The lowest BCUT2D eigenvalue weighted by Gasteiger charge is -2.35. The summed E-state index contributed by atoms with van der Waals surface area (Å²) < 4.78 is 24.5. The topological polar surface area (TPSA) is 69.7 Å². The van der Waals surface area contributed by atoms with Crippen LogP contribution in [-0.2, 0) is 23.9 Å². The SMILES string of the molecule is [B][C@@H](COC(=O)/C=C/c1ccccc1)[C@@](C)(OC(=O)/C=C/c1ccccc1)[C@H](F)C=O. The van der Waals surface area contributed by atoms with E-state index < -0.39 is 36.1 Å². The Kier molecular flexibility index (Phi) is 8.94. The van der Waals surface area contributed by atoms with E-state index in [2.05, 4.69) is 0 Å². The molecule has 0 aromatic heterocycles. The lowest BCUT2D eigenvalue weighted by Crippen LogP contribution is -2.47. The van der Waals surface area contributed by atoms with Crippen LogP contribution in [0.4, 0.5) is 4.39 Å². The number of halogens is 1. The van der Waals surface area contributed by atoms with Crippen molar-refractivity contribution in [2.45, 2.75) is 24.5 Å². The highest BCUT2D eigenvalue weighted by atomic mass is 19.1. The van der Waals surface area contributed by atoms with Crippen molar-refractivity contribution in [2.75, 3.05) is 6.61 Å². The normalized spacial score (nSPS) is 15.2. The predicted octanol–water partition coefficient (Wildman–Crippen LogP) is 3.75. The lowest BCUT2D eigenvalue weighted by molar-refractivity contribution is -0.162. The number of carbonyl (C=O) groups excluding carboxylic acids is 3. The first-order valence-electron chi connectivity index (χ1n) is 9.56. The maximum absolute atomic E-state index is 14.3. The Hall–Kier alpha value is -3.48. The smallest absolute Gasteiger partial charge is 0.331 e. The van der Waals surface area contributed by atoms with Gasteiger partial charge in [0.1, 0.15) is 5.60 Å². The molecule has 2 aromatic carbocycles. The second kappa shape index (κ2) is 11.6. The molecule has 2 aromatic rings. The first-order valence-corrected chi connectivity index (χ1v) is 9.56. The summed E-state index contributed by atoms with van der Waals surface area (Å²) in [6, 6.07) is 18.0. The standard InChI is InChI=1S/C24H22BFO5/c1-24(21(26)16-27,31-23(29)15-13-19-10-6-3-7-11-19)20(25)17-30-22(28)14-12-18-8-4-2-5-9-18/h2-16,20-21H,17H2,1H3/b14-12+,15-13+/t20-,21+,24+/m0/s1. The Morgan fingerprint density at radius 3 is 1.94 bits per heavy atom. The zero-order valence-corrected chi connectivity index (χ0v) is 17.0. The van der Waals surface area contributed by atoms with Gasteiger partial charge in [-0.1, -0.05) is 60.7 Å². The van der Waals surface area contributed by atoms with Gasteiger partial charge in [0.05, 0.1) is 14.5 Å². The van der Waals surface area contributed by atoms with Crippen LogP contribution < -0.4 is 0 Å². The number of carbonyl (C=O) groups is 3. The molecular formula is C24H22BFO5. The van der Waals surface area contributed by atoms with Crippen LogP contribution in [0.25, 0.3) is 12.2 Å². The molecule has 0 aliphatic heterocycles. The average molecular weight is 420 g/mol. The Labute approximate surface area is 182 Å². The van der Waals surface area contributed by atoms with E-state index in [0.717, 1.165) is 17.2 Å². The Morgan fingerprint density at radius 2 is 1.45 bits per heavy atom. The first kappa shape index (κ1) is 23.8. The monoisotopic (exact) mass is 420 g/mol. The molecule has 0 fully saturated rings. The van der Waals surface area contributed by atoms with Crippen LogP contribution in [0.3, 0.4) is 0 Å². The number of hydrogen-bond acceptors (Lipinski definition) is 5. The van der Waals surface area contributed by atoms with Gasteiger partial charge in [-0.15, -0.1) is 0 Å². The third-order valence-corrected chi connectivity index (χ3v) is 4.55. The van der Waals surface area contributed by atoms with Gasteiger partial charge in [-0.2, -0.15) is 0 Å². The minimum atomic E-state index is -2.21. The Bertz CT molecular complexity index is 930. The number of hydrogen-bond donors (Lipinski definition) is 0. The summed E-state index contributed by atoms with van der Waals surface area (Å²) in [4.78, 5) is 35.2. The number of esters is 2. The van der Waals surface area contributed by atoms with E-state index in [1.54, 1.807) is 42.5 Å². The highest BCUT2D eigenvalue weighted by Crippen LogP contribution is 2.31. The minimum absolute atomic E-state index is 0.00875. The van der Waals surface area contributed by atoms with E-state index in [4.69, 9.17) is 17.3 Å². The van der Waals surface area contributed by atoms with Crippen LogP contribution in [-0.4, -0.2) is 44.5 Å². The van der Waals surface area contributed by atoms with Crippen molar-refractivity contribution in [3.05, 3.63) is 83.9 Å². The van der Waals surface area contributed by atoms with Crippen molar-refractivity contribution >= 4 is 38.2 Å². The van der Waals surface area contributed by atoms with Gasteiger partial charge in [-0.25, -0.2) is 14.0 Å². The molecule has 7 heteroatoms. The highest BCUT2D eigenvalue weighted by molar-refractivity contribution is 6.13. The van der Waals surface area contributed by atoms with Gasteiger partial charge in [0.15, 0.2) is 12.5 Å². The quantitative estimate of drug-likeness (QED) is 0.254. The Balaban J connectivity index is 1.99. The number of rotatable bonds is 10. The molecule has 0 aliphatic rings. The highest BCUT2D eigenvalue weighted by Gasteiger charge is 2.43. The van der Waals surface area contributed by atoms with Gasteiger partial charge in [-0.3, -0.25) is 4.79 Å². The van der Waals surface area contributed by atoms with Crippen LogP contribution in [0.15, 0.2) is 72.8 Å². The summed E-state index contributed by atoms with van der Waals surface area (Å²) in [6.07, 6.45) is 3.11. The summed E-state index contributed by atoms with van der Waals surface area (Å²) in [5, 5.41) is 0. The van der Waals surface area contributed by atoms with Crippen LogP contribution in [0.2, 0.25) is 5.82 Å². The first-order chi connectivity index (χ1) is 14.8. The molecule has 0 saturated heterocycles. The Morgan fingerprint density at radius 1 is 0.968 bits per heavy atom. The molecule has 31 heavy (non-hydrogen) atoms. The molecular weight excluding hydrogens is 398 g/mol. The fourth-order valence-electron chi connectivity index (χ4n) is 2.56. The molecule has 0 unspecified atom stereocenters. The molecule has 0 heterocycles. The van der Waals surface area contributed by atoms with E-state index in [1.807, 2.05) is 24.3 Å². The van der Waals surface area contributed by atoms with E-state index in [0.29, 0.717) is 0 Å². The molecule has 0 aliphatic carbocycles. The van der Waals surface area contributed by atoms with Gasteiger partial charge in [0, 0.05) is 12.2 Å². The summed E-state index contributed by atoms with van der Waals surface area (Å²) in [5.74, 6) is -2.88. The fraction of sp³-hybridized carbons (Fsp3) is 0.208. The molecule has 158 valence electrons. The maximum atomic E-state index is 14.3. The van der Waals surface area contributed by atoms with Gasteiger partial charge in [-0.05, 0) is 36.0 Å². The van der Waals surface area contributed by atoms with Gasteiger partial charge >= 0.3 is 11.9 Å². The zero-order chi connectivity index (χ0) is 22.7. The van der Waals surface area contributed by atoms with Crippen LogP contribution in [0.1, 0.15) is 18.1 Å². The maximum Gasteiger partial charge on any atom is 0.331 e. The van der Waals surface area contributed by atoms with Crippen molar-refractivity contribution in [3.8, 4) is 0 Å². The van der Waals surface area contributed by atoms with Gasteiger partial charge in [0.2, 0.25) is 0 Å². The molecule has 3 atom stereocenters. The number of aldehydes is 1. The van der Waals surface area contributed by atoms with Crippen molar-refractivity contribution in [3.63, 3.8) is 0 Å². The third-order valence-electron chi connectivity index (χ3n) is 4.55. The van der Waals surface area contributed by atoms with Gasteiger partial charge < -0.3 is 9.47 Å². The third kappa shape index (κ3) is 7.37. The molecule has 2 radical (unpaired) electrons. The molecule has 0 N–H and O–H groups in total. The van der Waals surface area contributed by atoms with Crippen LogP contribution in [0.5, 0.6) is 0 Å². The van der Waals surface area contributed by atoms with Crippen LogP contribution >= 0.6 is 0 Å². The molecule has 0 spiro atoms. The van der Waals surface area contributed by atoms with E-state index in [9.17, 15) is 18.8 Å². The largest absolute Gasteiger partial charge is 0.463 e. The predicted molar refractivity (Wildman–Crippen MR) is 117 cm³/mol. The second-order valence-corrected chi connectivity index (χ2v) is 6.87. The molecule has 5 nitrogen and oxygen atoms in total. The summed E-state index contributed by atoms with van der Waals surface area (Å²) in [7, 11) is 5.94. The van der Waals surface area contributed by atoms with Crippen molar-refractivity contribution in [2.24, 2.45) is 0 Å². The zero-order valence-electron chi connectivity index (χ0n) is 17.0. The van der Waals surface area contributed by atoms with Crippen molar-refractivity contribution in [1.82, 2.24) is 0 Å². The fourth-order valence-corrected chi connectivity index (χ4v) is 2.56. The van der Waals surface area contributed by atoms with Crippen LogP contribution in [0, 0.1) is 0 Å². The molecule has 0 saturated carbocycles. The van der Waals surface area contributed by atoms with Crippen molar-refractivity contribution in [1.29, 1.82) is 0 Å². The second-order valence-electron chi connectivity index (χ2n) is 6.87.